The van der Waals surface area contributed by atoms with Crippen molar-refractivity contribution in [3.63, 3.8) is 0 Å². The second-order valence-electron chi connectivity index (χ2n) is 7.60. The van der Waals surface area contributed by atoms with Crippen LogP contribution in [0.2, 0.25) is 0 Å². The molecule has 1 aliphatic carbocycles. The van der Waals surface area contributed by atoms with Crippen molar-refractivity contribution in [2.45, 2.75) is 57.8 Å². The van der Waals surface area contributed by atoms with Gasteiger partial charge in [0.15, 0.2) is 0 Å². The van der Waals surface area contributed by atoms with Gasteiger partial charge in [0, 0.05) is 11.9 Å². The van der Waals surface area contributed by atoms with Gasteiger partial charge in [-0.25, -0.2) is 9.59 Å². The van der Waals surface area contributed by atoms with Crippen molar-refractivity contribution >= 4 is 23.5 Å². The topological polar surface area (TPSA) is 96.4 Å². The van der Waals surface area contributed by atoms with Crippen LogP contribution in [0.4, 0.5) is 5.82 Å². The van der Waals surface area contributed by atoms with Crippen LogP contribution >= 0.6 is 11.8 Å². The molecule has 144 valence electrons. The first kappa shape index (κ1) is 19.2. The van der Waals surface area contributed by atoms with E-state index in [1.54, 1.807) is 6.20 Å². The van der Waals surface area contributed by atoms with E-state index in [9.17, 15) is 9.59 Å². The second kappa shape index (κ2) is 8.00. The molecule has 0 bridgehead atoms. The van der Waals surface area contributed by atoms with E-state index in [0.717, 1.165) is 12.8 Å². The number of carbonyl (C=O) groups excluding carboxylic acids is 1. The number of hydrogen-bond donors (Lipinski definition) is 1. The number of thioether (sulfide) groups is 1. The molecule has 1 aliphatic heterocycles. The van der Waals surface area contributed by atoms with Crippen LogP contribution in [-0.2, 0) is 14.3 Å². The molecule has 1 saturated carbocycles. The first-order chi connectivity index (χ1) is 12.3. The number of nitrogen functional groups attached to an aromatic ring is 1. The highest BCUT2D eigenvalue weighted by Crippen LogP contribution is 2.37. The summed E-state index contributed by atoms with van der Waals surface area (Å²) < 4.78 is 13.0. The van der Waals surface area contributed by atoms with Gasteiger partial charge in [-0.1, -0.05) is 27.2 Å². The molecule has 0 spiro atoms. The average Bonchev–Trinajstić information content (AvgIpc) is 3.04. The molecule has 7 nitrogen and oxygen atoms in total. The van der Waals surface area contributed by atoms with E-state index in [4.69, 9.17) is 15.2 Å². The molecule has 2 fully saturated rings. The molecular formula is C18H27N3O4S. The quantitative estimate of drug-likeness (QED) is 0.800. The van der Waals surface area contributed by atoms with Crippen LogP contribution < -0.4 is 11.4 Å². The summed E-state index contributed by atoms with van der Waals surface area (Å²) in [7, 11) is 0. The van der Waals surface area contributed by atoms with Gasteiger partial charge in [0.05, 0.1) is 0 Å². The average molecular weight is 381 g/mol. The summed E-state index contributed by atoms with van der Waals surface area (Å²) in [5.74, 6) is 1.73. The third kappa shape index (κ3) is 4.23. The summed E-state index contributed by atoms with van der Waals surface area (Å²) in [6, 6.07) is 1.54. The first-order valence-electron chi connectivity index (χ1n) is 9.17. The van der Waals surface area contributed by atoms with Crippen LogP contribution in [0.5, 0.6) is 0 Å². The number of aromatic nitrogens is 2. The minimum Gasteiger partial charge on any atom is -0.459 e. The SMILES string of the molecule is CC(C)C1CC[C@@H](C)CC1OC(=O)[C@@H]1O[C@H](n2ccc(N)nc2=O)CS1. The molecule has 0 amide bonds. The van der Waals surface area contributed by atoms with Gasteiger partial charge in [-0.15, -0.1) is 11.8 Å². The predicted octanol–water partition coefficient (Wildman–Crippen LogP) is 2.42. The number of ether oxygens (including phenoxy) is 2. The smallest absolute Gasteiger partial charge is 0.351 e. The lowest BCUT2D eigenvalue weighted by atomic mass is 9.75. The van der Waals surface area contributed by atoms with E-state index in [1.165, 1.54) is 28.8 Å². The van der Waals surface area contributed by atoms with Crippen molar-refractivity contribution in [1.82, 2.24) is 9.55 Å². The minimum absolute atomic E-state index is 0.0598. The highest BCUT2D eigenvalue weighted by Gasteiger charge is 2.38. The van der Waals surface area contributed by atoms with Crippen LogP contribution in [0.25, 0.3) is 0 Å². The maximum absolute atomic E-state index is 12.6. The molecule has 3 rings (SSSR count). The fourth-order valence-electron chi connectivity index (χ4n) is 3.76. The number of esters is 1. The van der Waals surface area contributed by atoms with E-state index in [2.05, 4.69) is 25.8 Å². The van der Waals surface area contributed by atoms with E-state index in [-0.39, 0.29) is 17.9 Å². The Morgan fingerprint density at radius 2 is 2.23 bits per heavy atom. The highest BCUT2D eigenvalue weighted by atomic mass is 32.2. The molecule has 8 heteroatoms. The fraction of sp³-hybridized carbons (Fsp3) is 0.722. The number of anilines is 1. The summed E-state index contributed by atoms with van der Waals surface area (Å²) in [6.45, 7) is 6.56. The van der Waals surface area contributed by atoms with Crippen LogP contribution in [0.1, 0.15) is 46.3 Å². The lowest BCUT2D eigenvalue weighted by Crippen LogP contribution is -2.38. The van der Waals surface area contributed by atoms with Crippen LogP contribution in [-0.4, -0.2) is 32.8 Å². The monoisotopic (exact) mass is 381 g/mol. The van der Waals surface area contributed by atoms with E-state index in [1.807, 2.05) is 0 Å². The number of nitrogens with two attached hydrogens (primary N) is 1. The third-order valence-electron chi connectivity index (χ3n) is 5.25. The molecule has 2 N–H and O–H groups in total. The Kier molecular flexibility index (Phi) is 5.92. The molecular weight excluding hydrogens is 354 g/mol. The standard InChI is InChI=1S/C18H27N3O4S/c1-10(2)12-5-4-11(3)8-13(12)24-16(22)17-25-15(9-26-17)21-7-6-14(19)20-18(21)23/h6-7,10-13,15,17H,4-5,8-9H2,1-3H3,(H2,19,20,23)/t11-,12?,13?,15+,17-/m1/s1. The Hall–Kier alpha value is -1.54. The van der Waals surface area contributed by atoms with E-state index >= 15 is 0 Å². The second-order valence-corrected chi connectivity index (χ2v) is 8.69. The van der Waals surface area contributed by atoms with Gasteiger partial charge < -0.3 is 15.2 Å². The Labute approximate surface area is 157 Å². The number of nitrogens with zero attached hydrogens (tertiary/aromatic N) is 2. The molecule has 1 saturated heterocycles. The van der Waals surface area contributed by atoms with E-state index < -0.39 is 17.4 Å². The molecule has 0 aromatic carbocycles. The molecule has 0 radical (unpaired) electrons. The van der Waals surface area contributed by atoms with Gasteiger partial charge in [0.25, 0.3) is 0 Å². The largest absolute Gasteiger partial charge is 0.459 e. The lowest BCUT2D eigenvalue weighted by molar-refractivity contribution is -0.166. The molecule has 1 aromatic heterocycles. The maximum Gasteiger partial charge on any atom is 0.351 e. The Balaban J connectivity index is 1.63. The zero-order valence-electron chi connectivity index (χ0n) is 15.5. The summed E-state index contributed by atoms with van der Waals surface area (Å²) >= 11 is 1.35. The van der Waals surface area contributed by atoms with Crippen LogP contribution in [0.15, 0.2) is 17.1 Å². The van der Waals surface area contributed by atoms with E-state index in [0.29, 0.717) is 23.5 Å². The predicted molar refractivity (Wildman–Crippen MR) is 101 cm³/mol. The first-order valence-corrected chi connectivity index (χ1v) is 10.2. The van der Waals surface area contributed by atoms with Crippen LogP contribution in [0, 0.1) is 17.8 Å². The van der Waals surface area contributed by atoms with Crippen molar-refractivity contribution in [3.8, 4) is 0 Å². The number of hydrogen-bond acceptors (Lipinski definition) is 7. The molecule has 2 unspecified atom stereocenters. The molecule has 26 heavy (non-hydrogen) atoms. The van der Waals surface area contributed by atoms with Crippen molar-refractivity contribution in [2.75, 3.05) is 11.5 Å². The maximum atomic E-state index is 12.6. The van der Waals surface area contributed by atoms with Crippen molar-refractivity contribution < 1.29 is 14.3 Å². The van der Waals surface area contributed by atoms with Crippen LogP contribution in [0.3, 0.4) is 0 Å². The van der Waals surface area contributed by atoms with Gasteiger partial charge in [-0.2, -0.15) is 4.98 Å². The summed E-state index contributed by atoms with van der Waals surface area (Å²) in [5.41, 5.74) is 4.32. The highest BCUT2D eigenvalue weighted by molar-refractivity contribution is 8.00. The Morgan fingerprint density at radius 3 is 2.92 bits per heavy atom. The fourth-order valence-corrected chi connectivity index (χ4v) is 4.74. The number of rotatable bonds is 4. The minimum atomic E-state index is -0.713. The number of carbonyl (C=O) groups is 1. The normalized spacial score (nSPS) is 31.9. The van der Waals surface area contributed by atoms with Gasteiger partial charge >= 0.3 is 11.7 Å². The van der Waals surface area contributed by atoms with Gasteiger partial charge in [-0.05, 0) is 36.7 Å². The van der Waals surface area contributed by atoms with Crippen molar-refractivity contribution in [1.29, 1.82) is 0 Å². The third-order valence-corrected chi connectivity index (χ3v) is 6.34. The Morgan fingerprint density at radius 1 is 1.46 bits per heavy atom. The molecule has 2 aliphatic rings. The summed E-state index contributed by atoms with van der Waals surface area (Å²) in [6.07, 6.45) is 4.11. The van der Waals surface area contributed by atoms with Crippen molar-refractivity contribution in [3.05, 3.63) is 22.7 Å². The lowest BCUT2D eigenvalue weighted by Gasteiger charge is -2.37. The molecule has 1 aromatic rings. The zero-order chi connectivity index (χ0) is 18.8. The molecule has 2 heterocycles. The van der Waals surface area contributed by atoms with Gasteiger partial charge in [0.2, 0.25) is 5.44 Å². The van der Waals surface area contributed by atoms with Crippen molar-refractivity contribution in [2.24, 2.45) is 17.8 Å². The Bertz CT molecular complexity index is 708. The van der Waals surface area contributed by atoms with Gasteiger partial charge in [-0.3, -0.25) is 4.57 Å². The zero-order valence-corrected chi connectivity index (χ0v) is 16.3. The summed E-state index contributed by atoms with van der Waals surface area (Å²) in [5, 5.41) is 0. The van der Waals surface area contributed by atoms with Gasteiger partial charge in [0.1, 0.15) is 18.1 Å². The summed E-state index contributed by atoms with van der Waals surface area (Å²) in [4.78, 5) is 28.3. The molecule has 5 atom stereocenters.